The molecule has 0 bridgehead atoms. The Hall–Kier alpha value is -2.21. The molecule has 0 saturated carbocycles. The highest BCUT2D eigenvalue weighted by molar-refractivity contribution is 9.10. The van der Waals surface area contributed by atoms with Gasteiger partial charge in [0.2, 0.25) is 0 Å². The molecule has 6 heteroatoms. The number of nitrogens with zero attached hydrogens (tertiary/aromatic N) is 4. The summed E-state index contributed by atoms with van der Waals surface area (Å²) in [5.74, 6) is 0.965. The molecule has 19 heavy (non-hydrogen) atoms. The van der Waals surface area contributed by atoms with Gasteiger partial charge in [0, 0.05) is 28.5 Å². The summed E-state index contributed by atoms with van der Waals surface area (Å²) >= 11 is 3.40. The van der Waals surface area contributed by atoms with Gasteiger partial charge in [-0.05, 0) is 18.2 Å². The van der Waals surface area contributed by atoms with Crippen molar-refractivity contribution in [1.82, 2.24) is 19.7 Å². The minimum atomic E-state index is 0.461. The number of halogens is 1. The standard InChI is InChI=1S/C13H10BrN5/c14-10-4-2-9(3-5-10)11-8-12(15)19(18-11)13-16-6-1-7-17-13/h1-8H,15H2. The van der Waals surface area contributed by atoms with E-state index in [0.29, 0.717) is 11.8 Å². The highest BCUT2D eigenvalue weighted by Gasteiger charge is 2.10. The molecule has 3 aromatic rings. The van der Waals surface area contributed by atoms with Crippen molar-refractivity contribution in [3.05, 3.63) is 53.3 Å². The summed E-state index contributed by atoms with van der Waals surface area (Å²) in [5.41, 5.74) is 7.73. The van der Waals surface area contributed by atoms with Gasteiger partial charge in [-0.2, -0.15) is 9.78 Å². The van der Waals surface area contributed by atoms with Gasteiger partial charge in [0.1, 0.15) is 5.82 Å². The number of rotatable bonds is 2. The molecule has 0 amide bonds. The predicted octanol–water partition coefficient (Wildman–Crippen LogP) is 2.67. The van der Waals surface area contributed by atoms with Crippen LogP contribution in [0.3, 0.4) is 0 Å². The Bertz CT molecular complexity index is 691. The number of hydrogen-bond donors (Lipinski definition) is 1. The molecule has 0 aliphatic rings. The molecule has 2 heterocycles. The third-order valence-electron chi connectivity index (χ3n) is 2.62. The lowest BCUT2D eigenvalue weighted by atomic mass is 10.2. The second-order valence-corrected chi connectivity index (χ2v) is 4.84. The molecule has 0 saturated heterocycles. The minimum Gasteiger partial charge on any atom is -0.383 e. The molecular formula is C13H10BrN5. The second kappa shape index (κ2) is 4.81. The molecule has 1 aromatic carbocycles. The van der Waals surface area contributed by atoms with Crippen molar-refractivity contribution in [1.29, 1.82) is 0 Å². The maximum Gasteiger partial charge on any atom is 0.252 e. The number of aromatic nitrogens is 4. The molecule has 2 aromatic heterocycles. The molecule has 0 fully saturated rings. The Morgan fingerprint density at radius 2 is 1.74 bits per heavy atom. The first kappa shape index (κ1) is 11.9. The molecule has 0 spiro atoms. The van der Waals surface area contributed by atoms with Gasteiger partial charge in [-0.3, -0.25) is 0 Å². The van der Waals surface area contributed by atoms with Crippen LogP contribution < -0.4 is 5.73 Å². The minimum absolute atomic E-state index is 0.461. The maximum absolute atomic E-state index is 5.95. The average molecular weight is 316 g/mol. The summed E-state index contributed by atoms with van der Waals surface area (Å²) in [6, 6.07) is 11.4. The van der Waals surface area contributed by atoms with E-state index in [9.17, 15) is 0 Å². The fraction of sp³-hybridized carbons (Fsp3) is 0. The van der Waals surface area contributed by atoms with Gasteiger partial charge in [-0.25, -0.2) is 9.97 Å². The van der Waals surface area contributed by atoms with Crippen LogP contribution in [-0.2, 0) is 0 Å². The molecule has 0 unspecified atom stereocenters. The highest BCUT2D eigenvalue weighted by Crippen LogP contribution is 2.23. The van der Waals surface area contributed by atoms with Crippen LogP contribution >= 0.6 is 15.9 Å². The van der Waals surface area contributed by atoms with Crippen molar-refractivity contribution in [3.63, 3.8) is 0 Å². The Balaban J connectivity index is 2.04. The Kier molecular flexibility index (Phi) is 3.00. The summed E-state index contributed by atoms with van der Waals surface area (Å²) in [7, 11) is 0. The topological polar surface area (TPSA) is 69.6 Å². The van der Waals surface area contributed by atoms with Gasteiger partial charge < -0.3 is 5.73 Å². The molecule has 0 radical (unpaired) electrons. The van der Waals surface area contributed by atoms with E-state index in [1.54, 1.807) is 24.5 Å². The van der Waals surface area contributed by atoms with Crippen LogP contribution in [0.15, 0.2) is 53.3 Å². The van der Waals surface area contributed by atoms with Crippen LogP contribution in [0.5, 0.6) is 0 Å². The Labute approximate surface area is 118 Å². The normalized spacial score (nSPS) is 10.6. The number of nitrogens with two attached hydrogens (primary N) is 1. The molecule has 3 rings (SSSR count). The quantitative estimate of drug-likeness (QED) is 0.789. The van der Waals surface area contributed by atoms with Crippen molar-refractivity contribution in [2.45, 2.75) is 0 Å². The molecule has 0 atom stereocenters. The van der Waals surface area contributed by atoms with Crippen molar-refractivity contribution in [2.24, 2.45) is 0 Å². The van der Waals surface area contributed by atoms with Gasteiger partial charge in [-0.1, -0.05) is 28.1 Å². The van der Waals surface area contributed by atoms with E-state index in [1.807, 2.05) is 24.3 Å². The van der Waals surface area contributed by atoms with Crippen LogP contribution in [0.25, 0.3) is 17.2 Å². The fourth-order valence-corrected chi connectivity index (χ4v) is 1.98. The lowest BCUT2D eigenvalue weighted by Gasteiger charge is -2.00. The van der Waals surface area contributed by atoms with Crippen molar-refractivity contribution >= 4 is 21.7 Å². The lowest BCUT2D eigenvalue weighted by Crippen LogP contribution is -2.05. The summed E-state index contributed by atoms with van der Waals surface area (Å²) in [4.78, 5) is 8.27. The zero-order valence-electron chi connectivity index (χ0n) is 9.86. The van der Waals surface area contributed by atoms with Crippen LogP contribution in [-0.4, -0.2) is 19.7 Å². The lowest BCUT2D eigenvalue weighted by molar-refractivity contribution is 0.820. The van der Waals surface area contributed by atoms with E-state index in [-0.39, 0.29) is 0 Å². The first-order chi connectivity index (χ1) is 9.24. The predicted molar refractivity (Wildman–Crippen MR) is 76.7 cm³/mol. The monoisotopic (exact) mass is 315 g/mol. The SMILES string of the molecule is Nc1cc(-c2ccc(Br)cc2)nn1-c1ncccn1. The van der Waals surface area contributed by atoms with Gasteiger partial charge in [0.25, 0.3) is 5.95 Å². The third kappa shape index (κ3) is 2.34. The van der Waals surface area contributed by atoms with Crippen LogP contribution in [0.4, 0.5) is 5.82 Å². The fourth-order valence-electron chi connectivity index (χ4n) is 1.72. The van der Waals surface area contributed by atoms with E-state index >= 15 is 0 Å². The molecule has 2 N–H and O–H groups in total. The Morgan fingerprint density at radius 1 is 1.05 bits per heavy atom. The molecular weight excluding hydrogens is 306 g/mol. The third-order valence-corrected chi connectivity index (χ3v) is 3.15. The van der Waals surface area contributed by atoms with Gasteiger partial charge >= 0.3 is 0 Å². The van der Waals surface area contributed by atoms with Crippen LogP contribution in [0.1, 0.15) is 0 Å². The van der Waals surface area contributed by atoms with Gasteiger partial charge in [-0.15, -0.1) is 0 Å². The largest absolute Gasteiger partial charge is 0.383 e. The van der Waals surface area contributed by atoms with Crippen LogP contribution in [0.2, 0.25) is 0 Å². The molecule has 5 nitrogen and oxygen atoms in total. The number of hydrogen-bond acceptors (Lipinski definition) is 4. The summed E-state index contributed by atoms with van der Waals surface area (Å²) < 4.78 is 2.55. The molecule has 0 aliphatic carbocycles. The van der Waals surface area contributed by atoms with E-state index in [4.69, 9.17) is 5.73 Å². The number of benzene rings is 1. The maximum atomic E-state index is 5.95. The average Bonchev–Trinajstić information content (AvgIpc) is 2.83. The molecule has 0 aliphatic heterocycles. The summed E-state index contributed by atoms with van der Waals surface area (Å²) in [5, 5.41) is 4.43. The zero-order valence-corrected chi connectivity index (χ0v) is 11.4. The first-order valence-corrected chi connectivity index (χ1v) is 6.42. The molecule has 94 valence electrons. The van der Waals surface area contributed by atoms with Gasteiger partial charge in [0.05, 0.1) is 5.69 Å². The first-order valence-electron chi connectivity index (χ1n) is 5.63. The van der Waals surface area contributed by atoms with Gasteiger partial charge in [0.15, 0.2) is 0 Å². The van der Waals surface area contributed by atoms with Crippen molar-refractivity contribution < 1.29 is 0 Å². The van der Waals surface area contributed by atoms with E-state index in [1.165, 1.54) is 4.68 Å². The zero-order chi connectivity index (χ0) is 13.2. The van der Waals surface area contributed by atoms with E-state index in [2.05, 4.69) is 31.0 Å². The van der Waals surface area contributed by atoms with Crippen molar-refractivity contribution in [3.8, 4) is 17.2 Å². The smallest absolute Gasteiger partial charge is 0.252 e. The summed E-state index contributed by atoms with van der Waals surface area (Å²) in [6.45, 7) is 0. The summed E-state index contributed by atoms with van der Waals surface area (Å²) in [6.07, 6.45) is 3.31. The Morgan fingerprint density at radius 3 is 2.42 bits per heavy atom. The van der Waals surface area contributed by atoms with E-state index in [0.717, 1.165) is 15.7 Å². The highest BCUT2D eigenvalue weighted by atomic mass is 79.9. The van der Waals surface area contributed by atoms with Crippen LogP contribution in [0, 0.1) is 0 Å². The second-order valence-electron chi connectivity index (χ2n) is 3.92. The van der Waals surface area contributed by atoms with E-state index < -0.39 is 0 Å². The van der Waals surface area contributed by atoms with Crippen molar-refractivity contribution in [2.75, 3.05) is 5.73 Å². The number of anilines is 1. The number of nitrogen functional groups attached to an aromatic ring is 1.